The number of rotatable bonds is 26. The number of carbonyl (C=O) groups excluding carboxylic acids is 6. The first-order chi connectivity index (χ1) is 30.4. The molecule has 0 bridgehead atoms. The van der Waals surface area contributed by atoms with Crippen molar-refractivity contribution >= 4 is 74.5 Å². The number of hydrogen-bond donors (Lipinski definition) is 10. The van der Waals surface area contributed by atoms with Crippen molar-refractivity contribution in [2.45, 2.75) is 69.2 Å². The maximum Gasteiger partial charge on any atom is 0.446 e. The van der Waals surface area contributed by atoms with Gasteiger partial charge >= 0.3 is 16.4 Å². The highest BCUT2D eigenvalue weighted by molar-refractivity contribution is 7.98. The Kier molecular flexibility index (Phi) is 19.1. The summed E-state index contributed by atoms with van der Waals surface area (Å²) in [5.41, 5.74) is 8.34. The van der Waals surface area contributed by atoms with Gasteiger partial charge in [0, 0.05) is 50.0 Å². The van der Waals surface area contributed by atoms with Crippen molar-refractivity contribution in [3.8, 4) is 5.75 Å². The summed E-state index contributed by atoms with van der Waals surface area (Å²) in [6.45, 7) is 1.25. The Labute approximate surface area is 373 Å². The molecule has 0 saturated carbocycles. The van der Waals surface area contributed by atoms with Crippen molar-refractivity contribution in [3.63, 3.8) is 0 Å². The summed E-state index contributed by atoms with van der Waals surface area (Å²) in [7, 11) is -4.75. The van der Waals surface area contributed by atoms with E-state index in [0.717, 1.165) is 16.5 Å². The van der Waals surface area contributed by atoms with Crippen LogP contribution in [-0.4, -0.2) is 120 Å². The van der Waals surface area contributed by atoms with E-state index in [9.17, 15) is 47.1 Å². The molecule has 5 atom stereocenters. The maximum absolute atomic E-state index is 14.2. The van der Waals surface area contributed by atoms with Crippen LogP contribution >= 0.6 is 11.8 Å². The molecule has 0 radical (unpaired) electrons. The zero-order valence-corrected chi connectivity index (χ0v) is 36.6. The highest BCUT2D eigenvalue weighted by Crippen LogP contribution is 2.20. The number of fused-ring (bicyclic) bond motifs is 1. The van der Waals surface area contributed by atoms with E-state index in [1.165, 1.54) is 43.0 Å². The molecule has 0 unspecified atom stereocenters. The van der Waals surface area contributed by atoms with Crippen molar-refractivity contribution in [1.82, 2.24) is 36.9 Å². The zero-order chi connectivity index (χ0) is 46.8. The number of amides is 6. The summed E-state index contributed by atoms with van der Waals surface area (Å²) < 4.78 is 35.4. The largest absolute Gasteiger partial charge is 0.481 e. The van der Waals surface area contributed by atoms with E-state index in [-0.39, 0.29) is 44.5 Å². The molecule has 344 valence electrons. The summed E-state index contributed by atoms with van der Waals surface area (Å²) in [6.07, 6.45) is 2.93. The number of thioether (sulfide) groups is 1. The molecule has 0 spiro atoms. The van der Waals surface area contributed by atoms with Crippen LogP contribution in [0.4, 0.5) is 0 Å². The molecule has 4 rings (SSSR count). The van der Waals surface area contributed by atoms with E-state index in [0.29, 0.717) is 16.9 Å². The van der Waals surface area contributed by atoms with E-state index >= 15 is 0 Å². The molecule has 0 fully saturated rings. The standard InChI is InChI=1S/C42H52N8O12S2/c1-25(51)47-35(21-27-12-14-29(15-13-27)62-64(59,60)61)39(55)45-18-17-44-34(22-28-24-46-31-11-7-6-10-30(28)31)41(57)48-32(16-19-63-2)40(56)50-36(23-37(52)53)42(58)49-33(38(43)54)20-26-8-4-3-5-9-26/h3-15,24,32-36,44,46H,16-23H2,1-2H3,(H2,43,54)(H,45,55)(H,47,51)(H,48,57)(H,49,58)(H,50,56)(H,52,53)(H,59,60,61)/t32-,33-,34-,35-,36-/m0/s1. The van der Waals surface area contributed by atoms with Crippen LogP contribution in [0.15, 0.2) is 85.1 Å². The number of aromatic nitrogens is 1. The van der Waals surface area contributed by atoms with Crippen molar-refractivity contribution in [3.05, 3.63) is 102 Å². The summed E-state index contributed by atoms with van der Waals surface area (Å²) in [5, 5.41) is 26.6. The van der Waals surface area contributed by atoms with Gasteiger partial charge in [0.1, 0.15) is 29.9 Å². The van der Waals surface area contributed by atoms with Gasteiger partial charge in [-0.25, -0.2) is 0 Å². The van der Waals surface area contributed by atoms with Gasteiger partial charge in [0.05, 0.1) is 12.5 Å². The SMILES string of the molecule is CSCC[C@H](NC(=O)[C@H](Cc1c[nH]c2ccccc12)NCCNC(=O)[C@H](Cc1ccc(OS(=O)(=O)O)cc1)NC(C)=O)C(=O)N[C@@H](CC(=O)O)C(=O)N[C@@H](Cc1ccccc1)C(N)=O. The van der Waals surface area contributed by atoms with Crippen LogP contribution in [0.5, 0.6) is 5.75 Å². The van der Waals surface area contributed by atoms with Crippen molar-refractivity contribution in [2.75, 3.05) is 25.1 Å². The zero-order valence-electron chi connectivity index (χ0n) is 35.0. The number of benzene rings is 3. The Balaban J connectivity index is 1.47. The van der Waals surface area contributed by atoms with Crippen molar-refractivity contribution < 1.29 is 55.8 Å². The molecule has 3 aromatic carbocycles. The van der Waals surface area contributed by atoms with Gasteiger partial charge in [-0.2, -0.15) is 20.2 Å². The molecule has 1 heterocycles. The molecular formula is C42H52N8O12S2. The van der Waals surface area contributed by atoms with Crippen LogP contribution in [0.1, 0.15) is 36.5 Å². The molecule has 20 nitrogen and oxygen atoms in total. The predicted octanol–water partition coefficient (Wildman–Crippen LogP) is 0.124. The topological polar surface area (TPSA) is 317 Å². The molecule has 1 aromatic heterocycles. The minimum atomic E-state index is -4.75. The number of nitrogens with two attached hydrogens (primary N) is 1. The fourth-order valence-electron chi connectivity index (χ4n) is 6.60. The van der Waals surface area contributed by atoms with Gasteiger partial charge in [-0.05, 0) is 59.7 Å². The van der Waals surface area contributed by atoms with Crippen molar-refractivity contribution in [2.24, 2.45) is 5.73 Å². The lowest BCUT2D eigenvalue weighted by atomic mass is 10.0. The Hall–Kier alpha value is -6.49. The second-order valence-corrected chi connectivity index (χ2v) is 16.6. The van der Waals surface area contributed by atoms with Crippen LogP contribution < -0.4 is 41.8 Å². The number of para-hydroxylation sites is 1. The Bertz CT molecular complexity index is 2360. The predicted molar refractivity (Wildman–Crippen MR) is 237 cm³/mol. The summed E-state index contributed by atoms with van der Waals surface area (Å²) in [5.74, 6) is -5.55. The average Bonchev–Trinajstić information content (AvgIpc) is 3.65. The molecular weight excluding hydrogens is 873 g/mol. The van der Waals surface area contributed by atoms with Crippen LogP contribution in [0, 0.1) is 0 Å². The number of aromatic amines is 1. The van der Waals surface area contributed by atoms with Gasteiger partial charge in [-0.1, -0.05) is 60.7 Å². The van der Waals surface area contributed by atoms with Gasteiger partial charge in [-0.3, -0.25) is 38.1 Å². The lowest BCUT2D eigenvalue weighted by molar-refractivity contribution is -0.141. The molecule has 11 N–H and O–H groups in total. The van der Waals surface area contributed by atoms with Crippen LogP contribution in [-0.2, 0) is 63.2 Å². The molecule has 6 amide bonds. The van der Waals surface area contributed by atoms with E-state index in [2.05, 4.69) is 41.1 Å². The lowest BCUT2D eigenvalue weighted by Gasteiger charge is -2.26. The monoisotopic (exact) mass is 924 g/mol. The smallest absolute Gasteiger partial charge is 0.446 e. The minimum Gasteiger partial charge on any atom is -0.481 e. The van der Waals surface area contributed by atoms with E-state index in [1.54, 1.807) is 42.8 Å². The Morgan fingerprint density at radius 2 is 1.31 bits per heavy atom. The number of carboxylic acid groups (broad SMARTS) is 1. The molecule has 0 saturated heterocycles. The minimum absolute atomic E-state index is 0.00445. The number of aliphatic carboxylic acids is 1. The molecule has 0 aliphatic heterocycles. The van der Waals surface area contributed by atoms with Gasteiger partial charge in [0.25, 0.3) is 0 Å². The summed E-state index contributed by atoms with van der Waals surface area (Å²) in [4.78, 5) is 94.1. The summed E-state index contributed by atoms with van der Waals surface area (Å²) >= 11 is 1.39. The highest BCUT2D eigenvalue weighted by atomic mass is 32.3. The Morgan fingerprint density at radius 1 is 0.719 bits per heavy atom. The molecule has 64 heavy (non-hydrogen) atoms. The average molecular weight is 925 g/mol. The Morgan fingerprint density at radius 3 is 1.95 bits per heavy atom. The second kappa shape index (κ2) is 24.4. The third-order valence-corrected chi connectivity index (χ3v) is 10.7. The van der Waals surface area contributed by atoms with Gasteiger partial charge < -0.3 is 51.9 Å². The van der Waals surface area contributed by atoms with Gasteiger partial charge in [0.2, 0.25) is 35.4 Å². The van der Waals surface area contributed by atoms with Gasteiger partial charge in [-0.15, -0.1) is 0 Å². The first kappa shape index (κ1) is 50.2. The number of nitrogens with one attached hydrogen (secondary N) is 7. The maximum atomic E-state index is 14.2. The number of hydrogen-bond acceptors (Lipinski definition) is 12. The number of primary amides is 1. The molecule has 0 aliphatic rings. The highest BCUT2D eigenvalue weighted by Gasteiger charge is 2.32. The number of H-pyrrole nitrogens is 1. The first-order valence-electron chi connectivity index (χ1n) is 20.0. The molecule has 4 aromatic rings. The quantitative estimate of drug-likeness (QED) is 0.0296. The van der Waals surface area contributed by atoms with Crippen LogP contribution in [0.25, 0.3) is 10.9 Å². The third-order valence-electron chi connectivity index (χ3n) is 9.69. The number of carboxylic acids is 1. The summed E-state index contributed by atoms with van der Waals surface area (Å²) in [6, 6.07) is 15.4. The van der Waals surface area contributed by atoms with Crippen LogP contribution in [0.2, 0.25) is 0 Å². The van der Waals surface area contributed by atoms with E-state index in [1.807, 2.05) is 24.3 Å². The first-order valence-corrected chi connectivity index (χ1v) is 22.7. The van der Waals surface area contributed by atoms with E-state index in [4.69, 9.17) is 10.3 Å². The van der Waals surface area contributed by atoms with Crippen molar-refractivity contribution in [1.29, 1.82) is 0 Å². The fraction of sp³-hybridized carbons (Fsp3) is 0.357. The molecule has 0 aliphatic carbocycles. The molecule has 22 heteroatoms. The lowest BCUT2D eigenvalue weighted by Crippen LogP contribution is -2.59. The second-order valence-electron chi connectivity index (χ2n) is 14.6. The number of carbonyl (C=O) groups is 7. The van der Waals surface area contributed by atoms with Crippen LogP contribution in [0.3, 0.4) is 0 Å². The fourth-order valence-corrected chi connectivity index (χ4v) is 7.43. The normalized spacial score (nSPS) is 13.6. The van der Waals surface area contributed by atoms with E-state index < -0.39 is 88.4 Å². The van der Waals surface area contributed by atoms with Gasteiger partial charge in [0.15, 0.2) is 0 Å². The third kappa shape index (κ3) is 16.7.